The lowest BCUT2D eigenvalue weighted by atomic mass is 10.1. The fraction of sp³-hybridized carbons (Fsp3) is 0.0556. The molecule has 0 atom stereocenters. The highest BCUT2D eigenvalue weighted by molar-refractivity contribution is 7.90. The molecule has 9 heteroatoms. The number of fused-ring (bicyclic) bond motifs is 3. The molecule has 0 fully saturated rings. The number of H-pyrrole nitrogens is 1. The van der Waals surface area contributed by atoms with Gasteiger partial charge in [-0.25, -0.2) is 13.4 Å². The number of amides is 1. The Balaban J connectivity index is 1.83. The molecule has 0 aliphatic heterocycles. The highest BCUT2D eigenvalue weighted by Crippen LogP contribution is 2.31. The van der Waals surface area contributed by atoms with Gasteiger partial charge in [-0.2, -0.15) is 5.10 Å². The number of anilines is 2. The molecule has 2 aromatic carbocycles. The van der Waals surface area contributed by atoms with Crippen LogP contribution in [0.2, 0.25) is 0 Å². The summed E-state index contributed by atoms with van der Waals surface area (Å²) in [5, 5.41) is 11.6. The van der Waals surface area contributed by atoms with E-state index in [0.29, 0.717) is 27.8 Å². The van der Waals surface area contributed by atoms with Crippen molar-refractivity contribution in [1.29, 1.82) is 0 Å². The number of pyridine rings is 1. The van der Waals surface area contributed by atoms with Crippen molar-refractivity contribution in [3.63, 3.8) is 0 Å². The zero-order valence-electron chi connectivity index (χ0n) is 14.2. The average Bonchev–Trinajstić information content (AvgIpc) is 3.11. The van der Waals surface area contributed by atoms with Crippen LogP contribution < -0.4 is 11.1 Å². The highest BCUT2D eigenvalue weighted by atomic mass is 32.2. The van der Waals surface area contributed by atoms with Crippen molar-refractivity contribution in [2.24, 2.45) is 5.73 Å². The molecule has 1 amide bonds. The van der Waals surface area contributed by atoms with Crippen molar-refractivity contribution in [3.05, 3.63) is 54.2 Å². The molecule has 0 saturated carbocycles. The van der Waals surface area contributed by atoms with Gasteiger partial charge in [0.25, 0.3) is 0 Å². The van der Waals surface area contributed by atoms with Gasteiger partial charge in [-0.1, -0.05) is 0 Å². The van der Waals surface area contributed by atoms with Crippen LogP contribution >= 0.6 is 0 Å². The number of hydrogen-bond acceptors (Lipinski definition) is 6. The number of nitrogens with one attached hydrogen (secondary N) is 2. The minimum absolute atomic E-state index is 0.224. The standard InChI is InChI=1S/C18H15N5O3S/c1-27(25,26)12-6-7-15-13(8-12)14-9-20-23-16(14)18(22-15)21-11-4-2-10(3-5-11)17(19)24/h2-9H,1H3,(H2,19,24)(H,20,23)(H,21,22). The number of nitrogens with zero attached hydrogens (tertiary/aromatic N) is 2. The SMILES string of the molecule is CS(=O)(=O)c1ccc2nc(Nc3ccc(C(N)=O)cc3)c3[nH]ncc3c2c1. The molecule has 2 aromatic heterocycles. The molecule has 0 aliphatic rings. The molecule has 4 N–H and O–H groups in total. The second-order valence-corrected chi connectivity index (χ2v) is 8.15. The van der Waals surface area contributed by atoms with Crippen molar-refractivity contribution in [1.82, 2.24) is 15.2 Å². The van der Waals surface area contributed by atoms with Gasteiger partial charge in [0.05, 0.1) is 16.6 Å². The summed E-state index contributed by atoms with van der Waals surface area (Å²) in [6.45, 7) is 0. The first-order valence-electron chi connectivity index (χ1n) is 7.97. The Morgan fingerprint density at radius 3 is 2.52 bits per heavy atom. The van der Waals surface area contributed by atoms with Gasteiger partial charge in [0.2, 0.25) is 5.91 Å². The van der Waals surface area contributed by atoms with Crippen LogP contribution in [-0.4, -0.2) is 35.8 Å². The summed E-state index contributed by atoms with van der Waals surface area (Å²) < 4.78 is 23.7. The predicted molar refractivity (Wildman–Crippen MR) is 103 cm³/mol. The number of carbonyl (C=O) groups is 1. The van der Waals surface area contributed by atoms with E-state index in [1.165, 1.54) is 12.3 Å². The maximum atomic E-state index is 11.8. The normalized spacial score (nSPS) is 11.7. The van der Waals surface area contributed by atoms with Gasteiger partial charge in [-0.05, 0) is 42.5 Å². The first kappa shape index (κ1) is 17.0. The van der Waals surface area contributed by atoms with E-state index in [-0.39, 0.29) is 4.90 Å². The number of nitrogens with two attached hydrogens (primary N) is 1. The predicted octanol–water partition coefficient (Wildman–Crippen LogP) is 2.36. The average molecular weight is 381 g/mol. The molecule has 0 bridgehead atoms. The third-order valence-electron chi connectivity index (χ3n) is 4.23. The lowest BCUT2D eigenvalue weighted by Crippen LogP contribution is -2.10. The van der Waals surface area contributed by atoms with Crippen LogP contribution in [0.5, 0.6) is 0 Å². The maximum absolute atomic E-state index is 11.8. The minimum Gasteiger partial charge on any atom is -0.366 e. The van der Waals surface area contributed by atoms with E-state index >= 15 is 0 Å². The number of primary amides is 1. The van der Waals surface area contributed by atoms with Gasteiger partial charge in [0, 0.05) is 28.3 Å². The molecule has 136 valence electrons. The largest absolute Gasteiger partial charge is 0.366 e. The molecule has 0 radical (unpaired) electrons. The molecule has 4 rings (SSSR count). The number of sulfone groups is 1. The van der Waals surface area contributed by atoms with Gasteiger partial charge in [0.15, 0.2) is 15.7 Å². The maximum Gasteiger partial charge on any atom is 0.248 e. The molecule has 4 aromatic rings. The van der Waals surface area contributed by atoms with Gasteiger partial charge in [-0.15, -0.1) is 0 Å². The molecule has 8 nitrogen and oxygen atoms in total. The second-order valence-electron chi connectivity index (χ2n) is 6.14. The van der Waals surface area contributed by atoms with E-state index < -0.39 is 15.7 Å². The van der Waals surface area contributed by atoms with E-state index in [2.05, 4.69) is 20.5 Å². The highest BCUT2D eigenvalue weighted by Gasteiger charge is 2.14. The molecule has 0 unspecified atom stereocenters. The van der Waals surface area contributed by atoms with Crippen LogP contribution in [0.15, 0.2) is 53.6 Å². The topological polar surface area (TPSA) is 131 Å². The Morgan fingerprint density at radius 2 is 1.85 bits per heavy atom. The first-order valence-corrected chi connectivity index (χ1v) is 9.86. The lowest BCUT2D eigenvalue weighted by Gasteiger charge is -2.10. The number of hydrogen-bond donors (Lipinski definition) is 3. The quantitative estimate of drug-likeness (QED) is 0.497. The van der Waals surface area contributed by atoms with Crippen LogP contribution in [-0.2, 0) is 9.84 Å². The Bertz CT molecular complexity index is 1290. The molecule has 27 heavy (non-hydrogen) atoms. The van der Waals surface area contributed by atoms with Crippen molar-refractivity contribution < 1.29 is 13.2 Å². The summed E-state index contributed by atoms with van der Waals surface area (Å²) in [6.07, 6.45) is 2.80. The number of aromatic amines is 1. The molecular weight excluding hydrogens is 366 g/mol. The molecule has 0 saturated heterocycles. The Hall–Kier alpha value is -3.46. The molecule has 2 heterocycles. The number of benzene rings is 2. The Kier molecular flexibility index (Phi) is 3.81. The molecular formula is C18H15N5O3S. The fourth-order valence-corrected chi connectivity index (χ4v) is 3.50. The number of carbonyl (C=O) groups excluding carboxylic acids is 1. The van der Waals surface area contributed by atoms with Crippen molar-refractivity contribution >= 4 is 49.1 Å². The monoisotopic (exact) mass is 381 g/mol. The van der Waals surface area contributed by atoms with E-state index in [9.17, 15) is 13.2 Å². The van der Waals surface area contributed by atoms with Crippen LogP contribution in [0.25, 0.3) is 21.8 Å². The number of rotatable bonds is 4. The van der Waals surface area contributed by atoms with Gasteiger partial charge in [0.1, 0.15) is 5.52 Å². The zero-order valence-corrected chi connectivity index (χ0v) is 15.0. The van der Waals surface area contributed by atoms with Crippen molar-refractivity contribution in [2.75, 3.05) is 11.6 Å². The fourth-order valence-electron chi connectivity index (χ4n) is 2.85. The van der Waals surface area contributed by atoms with Gasteiger partial charge < -0.3 is 11.1 Å². The van der Waals surface area contributed by atoms with Gasteiger partial charge in [-0.3, -0.25) is 9.89 Å². The van der Waals surface area contributed by atoms with Crippen LogP contribution in [0, 0.1) is 0 Å². The van der Waals surface area contributed by atoms with Crippen molar-refractivity contribution in [2.45, 2.75) is 4.90 Å². The van der Waals surface area contributed by atoms with E-state index in [4.69, 9.17) is 5.73 Å². The number of aromatic nitrogens is 3. The van der Waals surface area contributed by atoms with Crippen LogP contribution in [0.1, 0.15) is 10.4 Å². The molecule has 0 spiro atoms. The third kappa shape index (κ3) is 3.08. The summed E-state index contributed by atoms with van der Waals surface area (Å²) >= 11 is 0. The third-order valence-corrected chi connectivity index (χ3v) is 5.34. The molecule has 0 aliphatic carbocycles. The first-order chi connectivity index (χ1) is 12.8. The van der Waals surface area contributed by atoms with E-state index in [1.54, 1.807) is 42.6 Å². The van der Waals surface area contributed by atoms with Crippen molar-refractivity contribution in [3.8, 4) is 0 Å². The Labute approximate surface area is 154 Å². The van der Waals surface area contributed by atoms with Crippen LogP contribution in [0.3, 0.4) is 0 Å². The zero-order chi connectivity index (χ0) is 19.2. The summed E-state index contributed by atoms with van der Waals surface area (Å²) in [6, 6.07) is 11.5. The Morgan fingerprint density at radius 1 is 1.11 bits per heavy atom. The lowest BCUT2D eigenvalue weighted by molar-refractivity contribution is 0.100. The minimum atomic E-state index is -3.33. The van der Waals surface area contributed by atoms with E-state index in [0.717, 1.165) is 11.1 Å². The second kappa shape index (κ2) is 6.06. The summed E-state index contributed by atoms with van der Waals surface area (Å²) in [5.41, 5.74) is 7.66. The summed E-state index contributed by atoms with van der Waals surface area (Å²) in [7, 11) is -3.33. The van der Waals surface area contributed by atoms with Gasteiger partial charge >= 0.3 is 0 Å². The summed E-state index contributed by atoms with van der Waals surface area (Å²) in [4.78, 5) is 16.0. The summed E-state index contributed by atoms with van der Waals surface area (Å²) in [5.74, 6) is 0.0388. The van der Waals surface area contributed by atoms with Crippen LogP contribution in [0.4, 0.5) is 11.5 Å². The van der Waals surface area contributed by atoms with E-state index in [1.807, 2.05) is 0 Å². The smallest absolute Gasteiger partial charge is 0.248 e.